The second kappa shape index (κ2) is 4.00. The molecule has 0 amide bonds. The van der Waals surface area contributed by atoms with Crippen molar-refractivity contribution >= 4 is 11.6 Å². The standard InChI is InChI=1S/C13H11ClN2O/c14-10-4-2-1-3-9(10)11-7-12(17)16-13(15-11)8-5-6-8/h1-4,7-8H,5-6H2,(H,15,16,17). The molecule has 0 spiro atoms. The lowest BCUT2D eigenvalue weighted by Crippen LogP contribution is -2.10. The normalized spacial score (nSPS) is 14.9. The van der Waals surface area contributed by atoms with Gasteiger partial charge in [-0.25, -0.2) is 4.98 Å². The van der Waals surface area contributed by atoms with Crippen molar-refractivity contribution in [2.24, 2.45) is 0 Å². The van der Waals surface area contributed by atoms with Crippen molar-refractivity contribution in [2.75, 3.05) is 0 Å². The fraction of sp³-hybridized carbons (Fsp3) is 0.231. The molecule has 0 radical (unpaired) electrons. The Labute approximate surface area is 103 Å². The van der Waals surface area contributed by atoms with Crippen LogP contribution in [0.1, 0.15) is 24.6 Å². The molecule has 1 aromatic heterocycles. The Morgan fingerprint density at radius 3 is 2.76 bits per heavy atom. The first-order chi connectivity index (χ1) is 8.24. The molecule has 4 heteroatoms. The van der Waals surface area contributed by atoms with E-state index in [0.29, 0.717) is 16.6 Å². The highest BCUT2D eigenvalue weighted by molar-refractivity contribution is 6.33. The molecule has 1 fully saturated rings. The molecule has 1 heterocycles. The zero-order chi connectivity index (χ0) is 11.8. The summed E-state index contributed by atoms with van der Waals surface area (Å²) in [6, 6.07) is 8.92. The van der Waals surface area contributed by atoms with E-state index >= 15 is 0 Å². The van der Waals surface area contributed by atoms with Crippen LogP contribution in [0.4, 0.5) is 0 Å². The van der Waals surface area contributed by atoms with Gasteiger partial charge in [0.1, 0.15) is 5.82 Å². The summed E-state index contributed by atoms with van der Waals surface area (Å²) in [5.41, 5.74) is 1.35. The molecule has 1 N–H and O–H groups in total. The summed E-state index contributed by atoms with van der Waals surface area (Å²) >= 11 is 6.11. The van der Waals surface area contributed by atoms with Gasteiger partial charge in [-0.1, -0.05) is 29.8 Å². The number of rotatable bonds is 2. The molecule has 1 aliphatic rings. The Hall–Kier alpha value is -1.61. The van der Waals surface area contributed by atoms with Crippen LogP contribution >= 0.6 is 11.6 Å². The van der Waals surface area contributed by atoms with E-state index in [1.807, 2.05) is 18.2 Å². The molecule has 0 unspecified atom stereocenters. The summed E-state index contributed by atoms with van der Waals surface area (Å²) in [6.07, 6.45) is 2.21. The number of aromatic nitrogens is 2. The highest BCUT2D eigenvalue weighted by Crippen LogP contribution is 2.38. The number of nitrogens with zero attached hydrogens (tertiary/aromatic N) is 1. The minimum atomic E-state index is -0.114. The van der Waals surface area contributed by atoms with Crippen molar-refractivity contribution in [2.45, 2.75) is 18.8 Å². The summed E-state index contributed by atoms with van der Waals surface area (Å²) in [6.45, 7) is 0. The van der Waals surface area contributed by atoms with Gasteiger partial charge in [-0.05, 0) is 18.9 Å². The Bertz CT molecular complexity index is 617. The summed E-state index contributed by atoms with van der Waals surface area (Å²) < 4.78 is 0. The van der Waals surface area contributed by atoms with Crippen LogP contribution in [-0.4, -0.2) is 9.97 Å². The van der Waals surface area contributed by atoms with Gasteiger partial charge in [-0.3, -0.25) is 4.79 Å². The smallest absolute Gasteiger partial charge is 0.251 e. The molecule has 0 atom stereocenters. The minimum absolute atomic E-state index is 0.114. The van der Waals surface area contributed by atoms with Crippen molar-refractivity contribution < 1.29 is 0 Å². The van der Waals surface area contributed by atoms with Crippen LogP contribution in [0.15, 0.2) is 35.1 Å². The fourth-order valence-corrected chi connectivity index (χ4v) is 2.07. The predicted molar refractivity (Wildman–Crippen MR) is 67.3 cm³/mol. The molecular weight excluding hydrogens is 236 g/mol. The van der Waals surface area contributed by atoms with Crippen LogP contribution in [-0.2, 0) is 0 Å². The maximum absolute atomic E-state index is 11.6. The number of hydrogen-bond acceptors (Lipinski definition) is 2. The van der Waals surface area contributed by atoms with E-state index in [0.717, 1.165) is 24.2 Å². The predicted octanol–water partition coefficient (Wildman–Crippen LogP) is 2.97. The van der Waals surface area contributed by atoms with Gasteiger partial charge in [0.05, 0.1) is 5.69 Å². The number of benzene rings is 1. The van der Waals surface area contributed by atoms with Crippen LogP contribution in [0.2, 0.25) is 5.02 Å². The van der Waals surface area contributed by atoms with Crippen LogP contribution in [0, 0.1) is 0 Å². The van der Waals surface area contributed by atoms with Gasteiger partial charge < -0.3 is 4.98 Å². The van der Waals surface area contributed by atoms with Gasteiger partial charge in [0.25, 0.3) is 5.56 Å². The van der Waals surface area contributed by atoms with Crippen molar-refractivity contribution in [1.29, 1.82) is 0 Å². The molecule has 3 nitrogen and oxygen atoms in total. The van der Waals surface area contributed by atoms with Gasteiger partial charge in [0, 0.05) is 22.6 Å². The quantitative estimate of drug-likeness (QED) is 0.886. The van der Waals surface area contributed by atoms with Crippen molar-refractivity contribution in [3.8, 4) is 11.3 Å². The number of hydrogen-bond donors (Lipinski definition) is 1. The third-order valence-corrected chi connectivity index (χ3v) is 3.20. The van der Waals surface area contributed by atoms with Gasteiger partial charge in [-0.2, -0.15) is 0 Å². The monoisotopic (exact) mass is 246 g/mol. The van der Waals surface area contributed by atoms with Crippen molar-refractivity contribution in [1.82, 2.24) is 9.97 Å². The average molecular weight is 247 g/mol. The molecule has 2 aromatic rings. The summed E-state index contributed by atoms with van der Waals surface area (Å²) in [4.78, 5) is 18.9. The summed E-state index contributed by atoms with van der Waals surface area (Å²) in [5, 5.41) is 0.618. The number of aromatic amines is 1. The number of halogens is 1. The van der Waals surface area contributed by atoms with Gasteiger partial charge >= 0.3 is 0 Å². The van der Waals surface area contributed by atoms with Crippen LogP contribution < -0.4 is 5.56 Å². The average Bonchev–Trinajstić information content (AvgIpc) is 3.12. The lowest BCUT2D eigenvalue weighted by atomic mass is 10.1. The first kappa shape index (κ1) is 10.5. The molecule has 86 valence electrons. The Balaban J connectivity index is 2.14. The molecule has 0 bridgehead atoms. The van der Waals surface area contributed by atoms with Crippen LogP contribution in [0.5, 0.6) is 0 Å². The highest BCUT2D eigenvalue weighted by atomic mass is 35.5. The third-order valence-electron chi connectivity index (χ3n) is 2.87. The maximum Gasteiger partial charge on any atom is 0.251 e. The summed E-state index contributed by atoms with van der Waals surface area (Å²) in [7, 11) is 0. The van der Waals surface area contributed by atoms with Gasteiger partial charge in [-0.15, -0.1) is 0 Å². The second-order valence-electron chi connectivity index (χ2n) is 4.27. The zero-order valence-electron chi connectivity index (χ0n) is 9.11. The van der Waals surface area contributed by atoms with Crippen molar-refractivity contribution in [3.05, 3.63) is 51.5 Å². The molecule has 0 aliphatic heterocycles. The minimum Gasteiger partial charge on any atom is -0.310 e. The highest BCUT2D eigenvalue weighted by Gasteiger charge is 2.26. The van der Waals surface area contributed by atoms with E-state index in [2.05, 4.69) is 9.97 Å². The molecule has 0 saturated heterocycles. The lowest BCUT2D eigenvalue weighted by molar-refractivity contribution is 0.912. The number of H-pyrrole nitrogens is 1. The van der Waals surface area contributed by atoms with E-state index in [4.69, 9.17) is 11.6 Å². The molecule has 1 aromatic carbocycles. The Morgan fingerprint density at radius 1 is 1.29 bits per heavy atom. The largest absolute Gasteiger partial charge is 0.310 e. The molecular formula is C13H11ClN2O. The zero-order valence-corrected chi connectivity index (χ0v) is 9.87. The van der Waals surface area contributed by atoms with E-state index in [9.17, 15) is 4.79 Å². The molecule has 1 aliphatic carbocycles. The van der Waals surface area contributed by atoms with Crippen molar-refractivity contribution in [3.63, 3.8) is 0 Å². The second-order valence-corrected chi connectivity index (χ2v) is 4.68. The van der Waals surface area contributed by atoms with Gasteiger partial charge in [0.2, 0.25) is 0 Å². The lowest BCUT2D eigenvalue weighted by Gasteiger charge is -2.05. The van der Waals surface area contributed by atoms with Crippen LogP contribution in [0.25, 0.3) is 11.3 Å². The Morgan fingerprint density at radius 2 is 2.06 bits per heavy atom. The van der Waals surface area contributed by atoms with E-state index in [1.54, 1.807) is 6.07 Å². The van der Waals surface area contributed by atoms with E-state index < -0.39 is 0 Å². The van der Waals surface area contributed by atoms with E-state index in [-0.39, 0.29) is 5.56 Å². The SMILES string of the molecule is O=c1cc(-c2ccccc2Cl)nc(C2CC2)[nH]1. The number of nitrogens with one attached hydrogen (secondary N) is 1. The van der Waals surface area contributed by atoms with Crippen LogP contribution in [0.3, 0.4) is 0 Å². The fourth-order valence-electron chi connectivity index (χ4n) is 1.83. The summed E-state index contributed by atoms with van der Waals surface area (Å²) in [5.74, 6) is 1.21. The first-order valence-electron chi connectivity index (χ1n) is 5.60. The third kappa shape index (κ3) is 2.11. The molecule has 3 rings (SSSR count). The topological polar surface area (TPSA) is 45.8 Å². The molecule has 17 heavy (non-hydrogen) atoms. The molecule has 1 saturated carbocycles. The van der Waals surface area contributed by atoms with E-state index in [1.165, 1.54) is 6.07 Å². The van der Waals surface area contributed by atoms with Gasteiger partial charge in [0.15, 0.2) is 0 Å². The first-order valence-corrected chi connectivity index (χ1v) is 5.98. The Kier molecular flexibility index (Phi) is 2.48. The maximum atomic E-state index is 11.6.